The molecule has 0 atom stereocenters. The second-order valence-electron chi connectivity index (χ2n) is 5.89. The van der Waals surface area contributed by atoms with Crippen molar-refractivity contribution in [3.05, 3.63) is 57.6 Å². The Bertz CT molecular complexity index is 553. The van der Waals surface area contributed by atoms with Crippen molar-refractivity contribution in [2.24, 2.45) is 0 Å². The minimum Gasteiger partial charge on any atom is -0.388 e. The quantitative estimate of drug-likeness (QED) is 0.856. The average molecular weight is 282 g/mol. The zero-order valence-electron chi connectivity index (χ0n) is 14.0. The van der Waals surface area contributed by atoms with Gasteiger partial charge in [-0.3, -0.25) is 0 Å². The van der Waals surface area contributed by atoms with E-state index in [1.807, 2.05) is 14.1 Å². The van der Waals surface area contributed by atoms with Crippen LogP contribution in [0.1, 0.15) is 33.4 Å². The third kappa shape index (κ3) is 3.21. The van der Waals surface area contributed by atoms with Crippen LogP contribution in [0.4, 0.5) is 11.4 Å². The molecule has 0 fully saturated rings. The zero-order valence-corrected chi connectivity index (χ0v) is 14.0. The highest BCUT2D eigenvalue weighted by Gasteiger charge is 2.07. The van der Waals surface area contributed by atoms with Crippen molar-refractivity contribution < 1.29 is 0 Å². The summed E-state index contributed by atoms with van der Waals surface area (Å²) in [5, 5.41) is 6.56. The van der Waals surface area contributed by atoms with Crippen LogP contribution in [0.5, 0.6) is 0 Å². The molecule has 0 aliphatic rings. The molecule has 0 unspecified atom stereocenters. The Hall–Kier alpha value is -1.96. The van der Waals surface area contributed by atoms with Gasteiger partial charge in [0.1, 0.15) is 0 Å². The maximum Gasteiger partial charge on any atom is 0.0397 e. The first-order valence-corrected chi connectivity index (χ1v) is 7.52. The van der Waals surface area contributed by atoms with Crippen LogP contribution in [0.3, 0.4) is 0 Å². The number of nitrogens with one attached hydrogen (secondary N) is 2. The van der Waals surface area contributed by atoms with E-state index in [-0.39, 0.29) is 0 Å². The molecular formula is C19H26N2. The molecule has 0 heterocycles. The van der Waals surface area contributed by atoms with Crippen molar-refractivity contribution in [3.63, 3.8) is 0 Å². The van der Waals surface area contributed by atoms with E-state index in [4.69, 9.17) is 0 Å². The molecule has 0 bridgehead atoms. The SMILES string of the molecule is CNc1c(C)cc(Cc2cc(C)c(NC)c(C)c2)cc1C. The smallest absolute Gasteiger partial charge is 0.0397 e. The molecular weight excluding hydrogens is 256 g/mol. The first kappa shape index (κ1) is 15.4. The van der Waals surface area contributed by atoms with Crippen LogP contribution in [0.2, 0.25) is 0 Å². The second kappa shape index (κ2) is 6.21. The predicted octanol–water partition coefficient (Wildman–Crippen LogP) is 4.59. The van der Waals surface area contributed by atoms with Crippen molar-refractivity contribution in [3.8, 4) is 0 Å². The lowest BCUT2D eigenvalue weighted by molar-refractivity contribution is 1.15. The minimum absolute atomic E-state index is 0.983. The van der Waals surface area contributed by atoms with Gasteiger partial charge in [0, 0.05) is 25.5 Å². The molecule has 0 radical (unpaired) electrons. The molecule has 2 nitrogen and oxygen atoms in total. The van der Waals surface area contributed by atoms with Gasteiger partial charge in [-0.25, -0.2) is 0 Å². The Kier molecular flexibility index (Phi) is 4.56. The molecule has 2 aromatic rings. The van der Waals surface area contributed by atoms with Gasteiger partial charge >= 0.3 is 0 Å². The summed E-state index contributed by atoms with van der Waals surface area (Å²) in [6, 6.07) is 9.15. The van der Waals surface area contributed by atoms with Crippen LogP contribution in [0.25, 0.3) is 0 Å². The summed E-state index contributed by atoms with van der Waals surface area (Å²) in [6.45, 7) is 8.68. The van der Waals surface area contributed by atoms with E-state index in [1.165, 1.54) is 44.8 Å². The molecule has 2 aromatic carbocycles. The van der Waals surface area contributed by atoms with Crippen molar-refractivity contribution in [2.75, 3.05) is 24.7 Å². The molecule has 0 aliphatic heterocycles. The fourth-order valence-electron chi connectivity index (χ4n) is 3.33. The Morgan fingerprint density at radius 2 is 0.905 bits per heavy atom. The van der Waals surface area contributed by atoms with Gasteiger partial charge in [0.05, 0.1) is 0 Å². The Morgan fingerprint density at radius 1 is 0.619 bits per heavy atom. The number of benzene rings is 2. The molecule has 2 heteroatoms. The summed E-state index contributed by atoms with van der Waals surface area (Å²) < 4.78 is 0. The summed E-state index contributed by atoms with van der Waals surface area (Å²) in [7, 11) is 3.97. The largest absolute Gasteiger partial charge is 0.388 e. The summed E-state index contributed by atoms with van der Waals surface area (Å²) in [5.74, 6) is 0. The molecule has 2 rings (SSSR count). The van der Waals surface area contributed by atoms with E-state index < -0.39 is 0 Å². The minimum atomic E-state index is 0.983. The third-order valence-electron chi connectivity index (χ3n) is 4.09. The van der Waals surface area contributed by atoms with E-state index in [0.717, 1.165) is 6.42 Å². The van der Waals surface area contributed by atoms with Gasteiger partial charge in [-0.1, -0.05) is 24.3 Å². The van der Waals surface area contributed by atoms with Crippen molar-refractivity contribution in [2.45, 2.75) is 34.1 Å². The molecule has 0 aliphatic carbocycles. The van der Waals surface area contributed by atoms with Gasteiger partial charge < -0.3 is 10.6 Å². The monoisotopic (exact) mass is 282 g/mol. The van der Waals surface area contributed by atoms with Crippen LogP contribution in [0, 0.1) is 27.7 Å². The molecule has 2 N–H and O–H groups in total. The molecule has 0 spiro atoms. The number of aryl methyl sites for hydroxylation is 4. The van der Waals surface area contributed by atoms with Gasteiger partial charge in [-0.15, -0.1) is 0 Å². The number of anilines is 2. The number of hydrogen-bond acceptors (Lipinski definition) is 2. The molecule has 0 saturated carbocycles. The Morgan fingerprint density at radius 3 is 1.14 bits per heavy atom. The summed E-state index contributed by atoms with van der Waals surface area (Å²) in [5.41, 5.74) is 10.5. The Labute approximate surface area is 128 Å². The zero-order chi connectivity index (χ0) is 15.6. The topological polar surface area (TPSA) is 24.1 Å². The molecule has 0 aromatic heterocycles. The lowest BCUT2D eigenvalue weighted by Crippen LogP contribution is -2.00. The van der Waals surface area contributed by atoms with Crippen molar-refractivity contribution in [1.29, 1.82) is 0 Å². The van der Waals surface area contributed by atoms with Gasteiger partial charge in [-0.2, -0.15) is 0 Å². The maximum absolute atomic E-state index is 3.28. The standard InChI is InChI=1S/C19H26N2/c1-12-7-16(8-13(2)18(12)20-5)11-17-9-14(3)19(21-6)15(4)10-17/h7-10,20-21H,11H2,1-6H3. The van der Waals surface area contributed by atoms with Crippen molar-refractivity contribution >= 4 is 11.4 Å². The fourth-order valence-corrected chi connectivity index (χ4v) is 3.33. The van der Waals surface area contributed by atoms with Gasteiger partial charge in [0.25, 0.3) is 0 Å². The molecule has 21 heavy (non-hydrogen) atoms. The van der Waals surface area contributed by atoms with E-state index >= 15 is 0 Å². The normalized spacial score (nSPS) is 10.6. The van der Waals surface area contributed by atoms with Gasteiger partial charge in [-0.05, 0) is 67.5 Å². The third-order valence-corrected chi connectivity index (χ3v) is 4.09. The number of rotatable bonds is 4. The first-order chi connectivity index (χ1) is 9.96. The summed E-state index contributed by atoms with van der Waals surface area (Å²) in [6.07, 6.45) is 0.983. The van der Waals surface area contributed by atoms with Crippen LogP contribution in [-0.2, 0) is 6.42 Å². The van der Waals surface area contributed by atoms with Crippen LogP contribution < -0.4 is 10.6 Å². The highest BCUT2D eigenvalue weighted by atomic mass is 14.8. The maximum atomic E-state index is 3.28. The van der Waals surface area contributed by atoms with E-state index in [9.17, 15) is 0 Å². The highest BCUT2D eigenvalue weighted by molar-refractivity contribution is 5.60. The van der Waals surface area contributed by atoms with Gasteiger partial charge in [0.15, 0.2) is 0 Å². The number of hydrogen-bond donors (Lipinski definition) is 2. The van der Waals surface area contributed by atoms with E-state index in [2.05, 4.69) is 62.6 Å². The van der Waals surface area contributed by atoms with Gasteiger partial charge in [0.2, 0.25) is 0 Å². The average Bonchev–Trinajstić information content (AvgIpc) is 2.38. The second-order valence-corrected chi connectivity index (χ2v) is 5.89. The highest BCUT2D eigenvalue weighted by Crippen LogP contribution is 2.26. The Balaban J connectivity index is 2.35. The van der Waals surface area contributed by atoms with Crippen LogP contribution in [0.15, 0.2) is 24.3 Å². The molecule has 0 saturated heterocycles. The van der Waals surface area contributed by atoms with Crippen LogP contribution >= 0.6 is 0 Å². The fraction of sp³-hybridized carbons (Fsp3) is 0.368. The lowest BCUT2D eigenvalue weighted by Gasteiger charge is -2.14. The predicted molar refractivity (Wildman–Crippen MR) is 93.7 cm³/mol. The molecule has 0 amide bonds. The molecule has 112 valence electrons. The lowest BCUT2D eigenvalue weighted by atomic mass is 9.96. The summed E-state index contributed by atoms with van der Waals surface area (Å²) >= 11 is 0. The van der Waals surface area contributed by atoms with Crippen LogP contribution in [-0.4, -0.2) is 14.1 Å². The van der Waals surface area contributed by atoms with Crippen molar-refractivity contribution in [1.82, 2.24) is 0 Å². The van der Waals surface area contributed by atoms with E-state index in [0.29, 0.717) is 0 Å². The van der Waals surface area contributed by atoms with E-state index in [1.54, 1.807) is 0 Å². The first-order valence-electron chi connectivity index (χ1n) is 7.52. The summed E-state index contributed by atoms with van der Waals surface area (Å²) in [4.78, 5) is 0.